The minimum atomic E-state index is -1.05. The summed E-state index contributed by atoms with van der Waals surface area (Å²) in [5.74, 6) is 1.07. The average molecular weight is 402 g/mol. The maximum atomic E-state index is 12.2. The van der Waals surface area contributed by atoms with E-state index in [1.165, 1.54) is 0 Å². The summed E-state index contributed by atoms with van der Waals surface area (Å²) in [5.41, 5.74) is 0. The van der Waals surface area contributed by atoms with Crippen molar-refractivity contribution in [2.45, 2.75) is 11.0 Å². The second kappa shape index (κ2) is 9.64. The Labute approximate surface area is 165 Å². The van der Waals surface area contributed by atoms with Crippen LogP contribution in [0.2, 0.25) is 0 Å². The second-order valence-electron chi connectivity index (χ2n) is 5.94. The van der Waals surface area contributed by atoms with Gasteiger partial charge in [0, 0.05) is 40.4 Å². The summed E-state index contributed by atoms with van der Waals surface area (Å²) >= 11 is 1.59. The normalized spacial score (nSPS) is 14.1. The van der Waals surface area contributed by atoms with Crippen LogP contribution in [0.25, 0.3) is 10.1 Å². The molecule has 1 heterocycles. The molecule has 0 saturated heterocycles. The Bertz CT molecular complexity index is 892. The predicted octanol–water partition coefficient (Wildman–Crippen LogP) is 2.91. The molecule has 0 aliphatic carbocycles. The van der Waals surface area contributed by atoms with Gasteiger partial charge < -0.3 is 15.7 Å². The van der Waals surface area contributed by atoms with Gasteiger partial charge in [0.1, 0.15) is 6.10 Å². The van der Waals surface area contributed by atoms with Crippen molar-refractivity contribution in [2.24, 2.45) is 4.99 Å². The zero-order chi connectivity index (χ0) is 19.1. The Morgan fingerprint density at radius 3 is 2.63 bits per heavy atom. The monoisotopic (exact) mass is 401 g/mol. The second-order valence-corrected chi connectivity index (χ2v) is 8.63. The lowest BCUT2D eigenvalue weighted by Crippen LogP contribution is -2.40. The number of aliphatic imine (C=N–C) groups is 1. The average Bonchev–Trinajstić information content (AvgIpc) is 3.15. The first kappa shape index (κ1) is 19.5. The third-order valence-electron chi connectivity index (χ3n) is 4.05. The van der Waals surface area contributed by atoms with E-state index in [2.05, 4.69) is 21.7 Å². The van der Waals surface area contributed by atoms with E-state index in [0.717, 1.165) is 19.9 Å². The van der Waals surface area contributed by atoms with Crippen LogP contribution >= 0.6 is 11.3 Å². The quantitative estimate of drug-likeness (QED) is 0.420. The van der Waals surface area contributed by atoms with Crippen molar-refractivity contribution in [1.82, 2.24) is 10.6 Å². The van der Waals surface area contributed by atoms with Crippen LogP contribution in [0.15, 0.2) is 70.6 Å². The molecule has 5 nitrogen and oxygen atoms in total. The Balaban J connectivity index is 1.46. The molecule has 0 aliphatic rings. The van der Waals surface area contributed by atoms with Crippen molar-refractivity contribution in [1.29, 1.82) is 0 Å². The molecule has 3 aromatic rings. The van der Waals surface area contributed by atoms with E-state index >= 15 is 0 Å². The van der Waals surface area contributed by atoms with Crippen molar-refractivity contribution < 1.29 is 9.32 Å². The third-order valence-corrected chi connectivity index (χ3v) is 6.64. The maximum Gasteiger partial charge on any atom is 0.191 e. The van der Waals surface area contributed by atoms with Gasteiger partial charge in [-0.25, -0.2) is 0 Å². The molecule has 2 unspecified atom stereocenters. The summed E-state index contributed by atoms with van der Waals surface area (Å²) in [6.07, 6.45) is -0.612. The molecule has 2 aromatic carbocycles. The summed E-state index contributed by atoms with van der Waals surface area (Å²) in [6.45, 7) is 0.883. The first-order valence-electron chi connectivity index (χ1n) is 8.72. The molecule has 0 bridgehead atoms. The number of aliphatic hydroxyl groups excluding tert-OH is 1. The Kier molecular flexibility index (Phi) is 6.98. The van der Waals surface area contributed by atoms with Crippen LogP contribution in [0.3, 0.4) is 0 Å². The Morgan fingerprint density at radius 1 is 1.15 bits per heavy atom. The Morgan fingerprint density at radius 2 is 1.89 bits per heavy atom. The number of nitrogens with zero attached hydrogens (tertiary/aromatic N) is 1. The lowest BCUT2D eigenvalue weighted by atomic mass is 10.2. The van der Waals surface area contributed by atoms with Gasteiger partial charge in [-0.2, -0.15) is 0 Å². The third kappa shape index (κ3) is 5.38. The minimum Gasteiger partial charge on any atom is -0.386 e. The molecule has 0 spiro atoms. The molecule has 1 aromatic heterocycles. The number of nitrogens with one attached hydrogen (secondary N) is 2. The summed E-state index contributed by atoms with van der Waals surface area (Å²) in [6, 6.07) is 19.5. The summed E-state index contributed by atoms with van der Waals surface area (Å²) in [7, 11) is 0.630. The summed E-state index contributed by atoms with van der Waals surface area (Å²) in [4.78, 5) is 5.90. The number of rotatable bonds is 7. The number of hydrogen-bond donors (Lipinski definition) is 3. The molecular weight excluding hydrogens is 378 g/mol. The van der Waals surface area contributed by atoms with Crippen molar-refractivity contribution in [3.8, 4) is 0 Å². The van der Waals surface area contributed by atoms with Crippen molar-refractivity contribution >= 4 is 38.2 Å². The van der Waals surface area contributed by atoms with E-state index in [1.54, 1.807) is 18.4 Å². The summed E-state index contributed by atoms with van der Waals surface area (Å²) < 4.78 is 13.4. The highest BCUT2D eigenvalue weighted by Crippen LogP contribution is 2.29. The SMILES string of the molecule is CN=C(NCCS(=O)c1ccccc1)NCC(O)c1cc2ccccc2s1. The van der Waals surface area contributed by atoms with Gasteiger partial charge in [-0.1, -0.05) is 36.4 Å². The number of thiophene rings is 1. The molecule has 7 heteroatoms. The number of guanidine groups is 1. The fourth-order valence-electron chi connectivity index (χ4n) is 2.63. The smallest absolute Gasteiger partial charge is 0.191 e. The predicted molar refractivity (Wildman–Crippen MR) is 114 cm³/mol. The molecule has 0 amide bonds. The fraction of sp³-hybridized carbons (Fsp3) is 0.250. The van der Waals surface area contributed by atoms with Gasteiger partial charge in [0.2, 0.25) is 0 Å². The highest BCUT2D eigenvalue weighted by Gasteiger charge is 2.12. The molecule has 3 rings (SSSR count). The molecule has 0 aliphatic heterocycles. The topological polar surface area (TPSA) is 73.7 Å². The van der Waals surface area contributed by atoms with E-state index in [0.29, 0.717) is 24.8 Å². The highest BCUT2D eigenvalue weighted by atomic mass is 32.2. The Hall–Kier alpha value is -2.22. The molecule has 0 saturated carbocycles. The van der Waals surface area contributed by atoms with E-state index in [1.807, 2.05) is 54.6 Å². The van der Waals surface area contributed by atoms with Crippen LogP contribution in [-0.2, 0) is 10.8 Å². The van der Waals surface area contributed by atoms with Crippen LogP contribution in [0.5, 0.6) is 0 Å². The lowest BCUT2D eigenvalue weighted by molar-refractivity contribution is 0.184. The zero-order valence-corrected chi connectivity index (χ0v) is 16.7. The van der Waals surface area contributed by atoms with E-state index in [9.17, 15) is 9.32 Å². The zero-order valence-electron chi connectivity index (χ0n) is 15.1. The van der Waals surface area contributed by atoms with Crippen LogP contribution in [-0.4, -0.2) is 41.2 Å². The van der Waals surface area contributed by atoms with Gasteiger partial charge in [-0.15, -0.1) is 11.3 Å². The molecule has 0 radical (unpaired) electrons. The van der Waals surface area contributed by atoms with Crippen LogP contribution in [0.1, 0.15) is 11.0 Å². The van der Waals surface area contributed by atoms with Gasteiger partial charge in [0.15, 0.2) is 5.96 Å². The first-order valence-corrected chi connectivity index (χ1v) is 10.9. The van der Waals surface area contributed by atoms with Crippen LogP contribution < -0.4 is 10.6 Å². The van der Waals surface area contributed by atoms with Gasteiger partial charge in [-0.05, 0) is 29.7 Å². The van der Waals surface area contributed by atoms with Gasteiger partial charge in [0.05, 0.1) is 10.8 Å². The van der Waals surface area contributed by atoms with Gasteiger partial charge in [-0.3, -0.25) is 9.20 Å². The number of fused-ring (bicyclic) bond motifs is 1. The molecule has 27 heavy (non-hydrogen) atoms. The van der Waals surface area contributed by atoms with Crippen molar-refractivity contribution in [2.75, 3.05) is 25.9 Å². The molecule has 2 atom stereocenters. The van der Waals surface area contributed by atoms with E-state index in [-0.39, 0.29) is 0 Å². The lowest BCUT2D eigenvalue weighted by Gasteiger charge is -2.14. The number of hydrogen-bond acceptors (Lipinski definition) is 4. The van der Waals surface area contributed by atoms with Crippen molar-refractivity contribution in [3.05, 3.63) is 65.5 Å². The minimum absolute atomic E-state index is 0.355. The number of benzene rings is 2. The molecule has 3 N–H and O–H groups in total. The summed E-state index contributed by atoms with van der Waals surface area (Å²) in [5, 5.41) is 17.8. The fourth-order valence-corrected chi connectivity index (χ4v) is 4.67. The standard InChI is InChI=1S/C20H23N3O2S2/c1-21-20(22-11-12-27(25)16-8-3-2-4-9-16)23-14-17(24)19-13-15-7-5-6-10-18(15)26-19/h2-10,13,17,24H,11-12,14H2,1H3,(H2,21,22,23). The van der Waals surface area contributed by atoms with Crippen LogP contribution in [0, 0.1) is 0 Å². The van der Waals surface area contributed by atoms with Crippen molar-refractivity contribution in [3.63, 3.8) is 0 Å². The van der Waals surface area contributed by atoms with E-state index in [4.69, 9.17) is 0 Å². The molecular formula is C20H23N3O2S2. The van der Waals surface area contributed by atoms with Gasteiger partial charge >= 0.3 is 0 Å². The molecule has 142 valence electrons. The van der Waals surface area contributed by atoms with Crippen LogP contribution in [0.4, 0.5) is 0 Å². The highest BCUT2D eigenvalue weighted by molar-refractivity contribution is 7.85. The maximum absolute atomic E-state index is 12.2. The number of aliphatic hydroxyl groups is 1. The van der Waals surface area contributed by atoms with E-state index < -0.39 is 16.9 Å². The molecule has 0 fully saturated rings. The van der Waals surface area contributed by atoms with Gasteiger partial charge in [0.25, 0.3) is 0 Å². The largest absolute Gasteiger partial charge is 0.386 e. The first-order chi connectivity index (χ1) is 13.2.